The van der Waals surface area contributed by atoms with Gasteiger partial charge >= 0.3 is 5.97 Å². The number of halogens is 1. The second-order valence-corrected chi connectivity index (χ2v) is 12.6. The molecule has 2 unspecified atom stereocenters. The summed E-state index contributed by atoms with van der Waals surface area (Å²) in [5.41, 5.74) is 0. The Bertz CT molecular complexity index is 609. The minimum Gasteiger partial charge on any atom is -0.462 e. The molecule has 0 bridgehead atoms. The van der Waals surface area contributed by atoms with Crippen molar-refractivity contribution in [1.29, 1.82) is 0 Å². The maximum atomic E-state index is 12.4. The van der Waals surface area contributed by atoms with Gasteiger partial charge in [-0.25, -0.2) is 0 Å². The Kier molecular flexibility index (Phi) is 32.0. The molecule has 0 amide bonds. The van der Waals surface area contributed by atoms with E-state index in [9.17, 15) is 4.79 Å². The summed E-state index contributed by atoms with van der Waals surface area (Å²) in [5, 5.41) is 1.01. The topological polar surface area (TPSA) is 26.3 Å². The van der Waals surface area contributed by atoms with Crippen LogP contribution in [-0.4, -0.2) is 17.4 Å². The van der Waals surface area contributed by atoms with E-state index in [2.05, 4.69) is 73.2 Å². The third-order valence-corrected chi connectivity index (χ3v) is 8.26. The van der Waals surface area contributed by atoms with Crippen molar-refractivity contribution in [1.82, 2.24) is 0 Å². The van der Waals surface area contributed by atoms with E-state index in [0.29, 0.717) is 6.42 Å². The van der Waals surface area contributed by atoms with Crippen LogP contribution in [0.4, 0.5) is 0 Å². The van der Waals surface area contributed by atoms with E-state index in [1.54, 1.807) is 0 Å². The van der Waals surface area contributed by atoms with Gasteiger partial charge in [-0.1, -0.05) is 118 Å². The van der Waals surface area contributed by atoms with Crippen LogP contribution in [0.2, 0.25) is 0 Å². The summed E-state index contributed by atoms with van der Waals surface area (Å²) < 4.78 is 5.93. The molecule has 0 N–H and O–H groups in total. The first kappa shape index (κ1) is 39.2. The van der Waals surface area contributed by atoms with Crippen LogP contribution in [0.5, 0.6) is 0 Å². The second-order valence-electron chi connectivity index (χ2n) is 11.8. The molecule has 0 radical (unpaired) electrons. The van der Waals surface area contributed by atoms with Crippen LogP contribution in [0, 0.1) is 5.92 Å². The van der Waals surface area contributed by atoms with Crippen LogP contribution in [0.25, 0.3) is 0 Å². The zero-order chi connectivity index (χ0) is 29.4. The number of allylic oxidation sites excluding steroid dienone is 6. The van der Waals surface area contributed by atoms with Crippen molar-refractivity contribution in [3.8, 4) is 0 Å². The van der Waals surface area contributed by atoms with Crippen LogP contribution in [0.1, 0.15) is 175 Å². The zero-order valence-corrected chi connectivity index (χ0v) is 28.6. The average Bonchev–Trinajstić information content (AvgIpc) is 2.95. The summed E-state index contributed by atoms with van der Waals surface area (Å²) in [6.07, 6.45) is 42.5. The van der Waals surface area contributed by atoms with E-state index in [0.717, 1.165) is 62.6 Å². The Labute approximate surface area is 259 Å². The van der Waals surface area contributed by atoms with Gasteiger partial charge in [0.25, 0.3) is 0 Å². The number of carbonyl (C=O) groups is 1. The predicted molar refractivity (Wildman–Crippen MR) is 182 cm³/mol. The smallest absolute Gasteiger partial charge is 0.306 e. The van der Waals surface area contributed by atoms with Crippen molar-refractivity contribution in [2.24, 2.45) is 5.92 Å². The van der Waals surface area contributed by atoms with Crippen LogP contribution in [0.15, 0.2) is 36.5 Å². The molecule has 0 aliphatic carbocycles. The lowest BCUT2D eigenvalue weighted by atomic mass is 9.97. The van der Waals surface area contributed by atoms with Crippen molar-refractivity contribution < 1.29 is 9.53 Å². The van der Waals surface area contributed by atoms with Gasteiger partial charge in [0, 0.05) is 11.8 Å². The highest BCUT2D eigenvalue weighted by Gasteiger charge is 2.13. The van der Waals surface area contributed by atoms with Gasteiger partial charge in [0.15, 0.2) is 0 Å². The third kappa shape index (κ3) is 30.1. The molecule has 0 aromatic heterocycles. The molecule has 0 aromatic rings. The summed E-state index contributed by atoms with van der Waals surface area (Å²) in [6, 6.07) is 0. The molecule has 0 saturated carbocycles. The number of hydrogen-bond donors (Lipinski definition) is 0. The maximum absolute atomic E-state index is 12.4. The largest absolute Gasteiger partial charge is 0.462 e. The molecule has 0 aliphatic heterocycles. The van der Waals surface area contributed by atoms with Crippen LogP contribution >= 0.6 is 15.9 Å². The maximum Gasteiger partial charge on any atom is 0.306 e. The highest BCUT2D eigenvalue weighted by Crippen LogP contribution is 2.18. The number of carbonyl (C=O) groups excluding carboxylic acids is 1. The monoisotopic (exact) mass is 622 g/mol. The van der Waals surface area contributed by atoms with Gasteiger partial charge in [0.2, 0.25) is 0 Å². The molecule has 0 spiro atoms. The quantitative estimate of drug-likeness (QED) is 0.0344. The molecule has 0 saturated heterocycles. The molecule has 40 heavy (non-hydrogen) atoms. The van der Waals surface area contributed by atoms with Gasteiger partial charge in [-0.3, -0.25) is 4.79 Å². The summed E-state index contributed by atoms with van der Waals surface area (Å²) in [5.74, 6) is 0.826. The Balaban J connectivity index is 4.15. The van der Waals surface area contributed by atoms with Gasteiger partial charge in [-0.05, 0) is 109 Å². The highest BCUT2D eigenvalue weighted by molar-refractivity contribution is 9.09. The number of ether oxygens (including phenoxy) is 1. The van der Waals surface area contributed by atoms with Crippen LogP contribution in [0.3, 0.4) is 0 Å². The van der Waals surface area contributed by atoms with Crippen LogP contribution < -0.4 is 0 Å². The Hall–Kier alpha value is -0.830. The van der Waals surface area contributed by atoms with Gasteiger partial charge < -0.3 is 4.74 Å². The van der Waals surface area contributed by atoms with Crippen molar-refractivity contribution in [3.63, 3.8) is 0 Å². The molecule has 0 aromatic carbocycles. The summed E-state index contributed by atoms with van der Waals surface area (Å²) in [7, 11) is 0. The standard InChI is InChI=1S/C37H67BrO2/c1-4-6-8-10-12-14-16-20-25-31-36(40-37(39)33-27-22-28-34-38)32-26-21-17-19-24-30-35(3)29-23-18-15-13-11-9-7-5-2/h12-15,17,21,35-36H,4-11,16,18-20,22-34H2,1-3H3/b14-12?,15-13-,21-17?. The number of unbranched alkanes of at least 4 members (excludes halogenated alkanes) is 12. The normalized spacial score (nSPS) is 13.6. The number of hydrogen-bond acceptors (Lipinski definition) is 2. The molecular formula is C37H67BrO2. The number of esters is 1. The summed E-state index contributed by atoms with van der Waals surface area (Å²) >= 11 is 3.47. The molecule has 0 aliphatic rings. The first-order chi connectivity index (χ1) is 19.6. The number of alkyl halides is 1. The lowest BCUT2D eigenvalue weighted by molar-refractivity contribution is -0.149. The number of rotatable bonds is 30. The molecule has 0 rings (SSSR count). The molecule has 2 nitrogen and oxygen atoms in total. The summed E-state index contributed by atoms with van der Waals surface area (Å²) in [6.45, 7) is 6.93. The van der Waals surface area contributed by atoms with E-state index >= 15 is 0 Å². The van der Waals surface area contributed by atoms with Crippen molar-refractivity contribution >= 4 is 21.9 Å². The summed E-state index contributed by atoms with van der Waals surface area (Å²) in [4.78, 5) is 12.4. The van der Waals surface area contributed by atoms with E-state index in [4.69, 9.17) is 4.74 Å². The first-order valence-electron chi connectivity index (χ1n) is 17.3. The van der Waals surface area contributed by atoms with E-state index in [-0.39, 0.29) is 12.1 Å². The van der Waals surface area contributed by atoms with E-state index in [1.807, 2.05) is 0 Å². The minimum atomic E-state index is 0.000318. The van der Waals surface area contributed by atoms with Gasteiger partial charge in [0.05, 0.1) is 0 Å². The van der Waals surface area contributed by atoms with Crippen molar-refractivity contribution in [2.75, 3.05) is 5.33 Å². The lowest BCUT2D eigenvalue weighted by Crippen LogP contribution is -2.18. The molecule has 2 atom stereocenters. The van der Waals surface area contributed by atoms with E-state index < -0.39 is 0 Å². The van der Waals surface area contributed by atoms with Gasteiger partial charge in [-0.2, -0.15) is 0 Å². The molecule has 0 heterocycles. The minimum absolute atomic E-state index is 0.000318. The molecule has 234 valence electrons. The Morgan fingerprint density at radius 1 is 0.575 bits per heavy atom. The molecule has 3 heteroatoms. The molecular weight excluding hydrogens is 556 g/mol. The van der Waals surface area contributed by atoms with Crippen LogP contribution in [-0.2, 0) is 9.53 Å². The first-order valence-corrected chi connectivity index (χ1v) is 18.5. The zero-order valence-electron chi connectivity index (χ0n) is 27.0. The fourth-order valence-electron chi connectivity index (χ4n) is 5.01. The Morgan fingerprint density at radius 2 is 1.07 bits per heavy atom. The predicted octanol–water partition coefficient (Wildman–Crippen LogP) is 13.0. The third-order valence-electron chi connectivity index (χ3n) is 7.70. The second kappa shape index (κ2) is 32.7. The van der Waals surface area contributed by atoms with Gasteiger partial charge in [0.1, 0.15) is 6.10 Å². The fourth-order valence-corrected chi connectivity index (χ4v) is 5.40. The van der Waals surface area contributed by atoms with E-state index in [1.165, 1.54) is 96.3 Å². The lowest BCUT2D eigenvalue weighted by Gasteiger charge is -2.17. The SMILES string of the molecule is CCCCCC=CCCCCC(CCC=CCCCC(C)CCC/C=C\CCCCC)OC(=O)CCCCCBr. The fraction of sp³-hybridized carbons (Fsp3) is 0.811. The van der Waals surface area contributed by atoms with Gasteiger partial charge in [-0.15, -0.1) is 0 Å². The highest BCUT2D eigenvalue weighted by atomic mass is 79.9. The Morgan fingerprint density at radius 3 is 1.60 bits per heavy atom. The van der Waals surface area contributed by atoms with Crippen molar-refractivity contribution in [2.45, 2.75) is 181 Å². The van der Waals surface area contributed by atoms with Crippen molar-refractivity contribution in [3.05, 3.63) is 36.5 Å². The molecule has 0 fully saturated rings. The average molecular weight is 624 g/mol.